The van der Waals surface area contributed by atoms with Crippen molar-refractivity contribution in [2.45, 2.75) is 0 Å². The number of esters is 1. The maximum atomic E-state index is 13.4. The Morgan fingerprint density at radius 1 is 1.59 bits per heavy atom. The Balaban J connectivity index is 3.04. The van der Waals surface area contributed by atoms with Gasteiger partial charge in [-0.1, -0.05) is 15.9 Å². The van der Waals surface area contributed by atoms with Gasteiger partial charge >= 0.3 is 11.7 Å². The van der Waals surface area contributed by atoms with Gasteiger partial charge in [-0.3, -0.25) is 0 Å². The van der Waals surface area contributed by atoms with E-state index < -0.39 is 34.8 Å². The average Bonchev–Trinajstić information content (AvgIpc) is 2.26. The van der Waals surface area contributed by atoms with Gasteiger partial charge in [-0.25, -0.2) is 14.4 Å². The van der Waals surface area contributed by atoms with Crippen molar-refractivity contribution in [1.29, 1.82) is 0 Å². The molecule has 0 saturated heterocycles. The molecular formula is C9H8BrFNO5+. The maximum absolute atomic E-state index is 13.4. The molecule has 0 radical (unpaired) electrons. The maximum Gasteiger partial charge on any atom is 0.362 e. The third kappa shape index (κ3) is 3.38. The molecule has 1 rings (SSSR count). The lowest BCUT2D eigenvalue weighted by atomic mass is 10.3. The lowest BCUT2D eigenvalue weighted by molar-refractivity contribution is -0.730. The molecule has 1 N–H and O–H groups in total. The number of ether oxygens (including phenoxy) is 2. The van der Waals surface area contributed by atoms with E-state index >= 15 is 0 Å². The summed E-state index contributed by atoms with van der Waals surface area (Å²) < 4.78 is 22.7. The predicted octanol–water partition coefficient (Wildman–Crippen LogP) is 1.94. The van der Waals surface area contributed by atoms with E-state index in [1.165, 1.54) is 0 Å². The highest BCUT2D eigenvalue weighted by Gasteiger charge is 2.26. The Labute approximate surface area is 104 Å². The highest BCUT2D eigenvalue weighted by Crippen LogP contribution is 2.33. The summed E-state index contributed by atoms with van der Waals surface area (Å²) in [5, 5.41) is 8.77. The van der Waals surface area contributed by atoms with E-state index in [2.05, 4.69) is 20.7 Å². The number of carbonyl (C=O) groups excluding carboxylic acids is 1. The van der Waals surface area contributed by atoms with E-state index in [9.17, 15) is 14.1 Å². The molecule has 6 nitrogen and oxygen atoms in total. The van der Waals surface area contributed by atoms with Crippen LogP contribution in [0.5, 0.6) is 5.75 Å². The number of halogens is 2. The molecule has 0 bridgehead atoms. The summed E-state index contributed by atoms with van der Waals surface area (Å²) in [6.45, 7) is -0.574. The van der Waals surface area contributed by atoms with Gasteiger partial charge in [-0.05, 0) is 6.07 Å². The van der Waals surface area contributed by atoms with Crippen molar-refractivity contribution in [3.63, 3.8) is 0 Å². The number of rotatable bonds is 4. The zero-order valence-corrected chi connectivity index (χ0v) is 10.2. The first-order valence-electron chi connectivity index (χ1n) is 4.30. The molecule has 0 aliphatic carbocycles. The van der Waals surface area contributed by atoms with Gasteiger partial charge in [0.1, 0.15) is 0 Å². The van der Waals surface area contributed by atoms with E-state index in [4.69, 9.17) is 9.94 Å². The van der Waals surface area contributed by atoms with Crippen LogP contribution in [0.25, 0.3) is 0 Å². The Hall–Kier alpha value is -1.70. The first-order chi connectivity index (χ1) is 7.95. The van der Waals surface area contributed by atoms with E-state index in [1.54, 1.807) is 0 Å². The Morgan fingerprint density at radius 2 is 2.24 bits per heavy atom. The third-order valence-corrected chi connectivity index (χ3v) is 2.21. The molecule has 0 atom stereocenters. The molecule has 0 aromatic heterocycles. The molecule has 0 aliphatic rings. The quantitative estimate of drug-likeness (QED) is 0.679. The standard InChI is InChI=1S/C9H8BrFNO5/c1-16-8(13)4-17-9-6(11)2-5(10)3-7(9)12(14)15/h2-3H,4H2,1H3,(H,14,15)/q+1. The molecule has 0 aliphatic heterocycles. The van der Waals surface area contributed by atoms with Crippen molar-refractivity contribution < 1.29 is 28.8 Å². The lowest BCUT2D eigenvalue weighted by Crippen LogP contribution is -2.14. The van der Waals surface area contributed by atoms with Gasteiger partial charge in [0.25, 0.3) is 4.92 Å². The van der Waals surface area contributed by atoms with Crippen LogP contribution < -0.4 is 4.74 Å². The van der Waals surface area contributed by atoms with Crippen LogP contribution >= 0.6 is 15.9 Å². The van der Waals surface area contributed by atoms with E-state index in [0.717, 1.165) is 19.2 Å². The van der Waals surface area contributed by atoms with Crippen molar-refractivity contribution in [2.75, 3.05) is 13.7 Å². The van der Waals surface area contributed by atoms with Crippen molar-refractivity contribution in [2.24, 2.45) is 0 Å². The third-order valence-electron chi connectivity index (χ3n) is 1.76. The van der Waals surface area contributed by atoms with Crippen LogP contribution in [0.3, 0.4) is 0 Å². The fourth-order valence-electron chi connectivity index (χ4n) is 1.02. The first kappa shape index (κ1) is 13.4. The van der Waals surface area contributed by atoms with Crippen LogP contribution in [0.2, 0.25) is 0 Å². The van der Waals surface area contributed by atoms with Gasteiger partial charge in [0.05, 0.1) is 12.0 Å². The predicted molar refractivity (Wildman–Crippen MR) is 56.7 cm³/mol. The van der Waals surface area contributed by atoms with E-state index in [0.29, 0.717) is 0 Å². The lowest BCUT2D eigenvalue weighted by Gasteiger charge is -2.05. The molecule has 0 amide bonds. The molecule has 8 heteroatoms. The molecule has 0 unspecified atom stereocenters. The minimum atomic E-state index is -0.895. The van der Waals surface area contributed by atoms with Gasteiger partial charge in [0.2, 0.25) is 5.75 Å². The van der Waals surface area contributed by atoms with Crippen LogP contribution in [0.15, 0.2) is 16.6 Å². The van der Waals surface area contributed by atoms with E-state index in [-0.39, 0.29) is 4.47 Å². The van der Waals surface area contributed by atoms with Gasteiger partial charge in [-0.15, -0.1) is 0 Å². The van der Waals surface area contributed by atoms with Crippen molar-refractivity contribution in [3.05, 3.63) is 27.3 Å². The Morgan fingerprint density at radius 3 is 2.76 bits per heavy atom. The molecule has 92 valence electrons. The number of carbonyl (C=O) groups is 1. The number of hydrogen-bond donors (Lipinski definition) is 1. The Kier molecular flexibility index (Phi) is 4.38. The summed E-state index contributed by atoms with van der Waals surface area (Å²) in [6.07, 6.45) is 0. The largest absolute Gasteiger partial charge is 0.473 e. The second kappa shape index (κ2) is 5.58. The first-order valence-corrected chi connectivity index (χ1v) is 5.09. The molecule has 0 saturated carbocycles. The summed E-state index contributed by atoms with van der Waals surface area (Å²) in [5.41, 5.74) is -0.458. The van der Waals surface area contributed by atoms with Gasteiger partial charge in [-0.2, -0.15) is 0 Å². The zero-order valence-electron chi connectivity index (χ0n) is 8.65. The second-order valence-corrected chi connectivity index (χ2v) is 3.79. The number of hydrogen-bond acceptors (Lipinski definition) is 4. The van der Waals surface area contributed by atoms with Crippen LogP contribution in [0, 0.1) is 10.7 Å². The fourth-order valence-corrected chi connectivity index (χ4v) is 1.44. The van der Waals surface area contributed by atoms with Gasteiger partial charge in [0.15, 0.2) is 12.4 Å². The van der Waals surface area contributed by atoms with Crippen LogP contribution in [0.4, 0.5) is 10.1 Å². The van der Waals surface area contributed by atoms with E-state index in [1.807, 2.05) is 0 Å². The fraction of sp³-hybridized carbons (Fsp3) is 0.222. The number of benzene rings is 1. The molecule has 1 aromatic rings. The summed E-state index contributed by atoms with van der Waals surface area (Å²) in [6, 6.07) is 2.17. The topological polar surface area (TPSA) is 75.8 Å². The van der Waals surface area contributed by atoms with Crippen LogP contribution in [-0.2, 0) is 9.53 Å². The molecule has 1 aromatic carbocycles. The average molecular weight is 309 g/mol. The highest BCUT2D eigenvalue weighted by molar-refractivity contribution is 9.10. The van der Waals surface area contributed by atoms with Crippen molar-refractivity contribution in [3.8, 4) is 5.75 Å². The minimum Gasteiger partial charge on any atom is -0.473 e. The van der Waals surface area contributed by atoms with Gasteiger partial charge < -0.3 is 9.47 Å². The smallest absolute Gasteiger partial charge is 0.362 e. The highest BCUT2D eigenvalue weighted by atomic mass is 79.9. The molecule has 17 heavy (non-hydrogen) atoms. The monoisotopic (exact) mass is 308 g/mol. The molecule has 0 spiro atoms. The minimum absolute atomic E-state index is 0.241. The molecular weight excluding hydrogens is 301 g/mol. The molecule has 0 heterocycles. The normalized spacial score (nSPS) is 9.82. The van der Waals surface area contributed by atoms with Gasteiger partial charge in [0, 0.05) is 10.5 Å². The summed E-state index contributed by atoms with van der Waals surface area (Å²) >= 11 is 2.95. The van der Waals surface area contributed by atoms with Crippen LogP contribution in [0.1, 0.15) is 0 Å². The summed E-state index contributed by atoms with van der Waals surface area (Å²) in [5.74, 6) is -2.17. The van der Waals surface area contributed by atoms with Crippen molar-refractivity contribution in [1.82, 2.24) is 0 Å². The van der Waals surface area contributed by atoms with Crippen LogP contribution in [-0.4, -0.2) is 29.8 Å². The zero-order chi connectivity index (χ0) is 13.0. The SMILES string of the molecule is COC(=O)COc1c(F)cc(Br)cc1[N+](=O)O. The van der Waals surface area contributed by atoms with Crippen molar-refractivity contribution >= 4 is 27.6 Å². The summed E-state index contributed by atoms with van der Waals surface area (Å²) in [7, 11) is 1.14. The number of nitrogens with zero attached hydrogens (tertiary/aromatic N) is 1. The number of methoxy groups -OCH3 is 1. The summed E-state index contributed by atoms with van der Waals surface area (Å²) in [4.78, 5) is 21.0. The second-order valence-electron chi connectivity index (χ2n) is 2.87. The Bertz CT molecular complexity index is 465. The molecule has 0 fully saturated rings.